The lowest BCUT2D eigenvalue weighted by atomic mass is 9.99. The van der Waals surface area contributed by atoms with Crippen molar-refractivity contribution in [3.8, 4) is 22.5 Å². The van der Waals surface area contributed by atoms with Gasteiger partial charge in [0.1, 0.15) is 5.69 Å². The van der Waals surface area contributed by atoms with Crippen LogP contribution in [0.3, 0.4) is 0 Å². The Morgan fingerprint density at radius 3 is 2.85 bits per heavy atom. The van der Waals surface area contributed by atoms with Crippen molar-refractivity contribution in [1.82, 2.24) is 19.7 Å². The standard InChI is InChI=1S/C18H20N6O2S/c1-27(25,26)23-13-6-4-5-12(11-13)17-16(14-8-9-20-18(19)21-14)15-7-2-3-10-24(15)22-17/h4-6,8-9,11,23H,2-3,7,10H2,1H3,(H2,19,20,21). The summed E-state index contributed by atoms with van der Waals surface area (Å²) in [6, 6.07) is 9.03. The third-order valence-electron chi connectivity index (χ3n) is 4.46. The van der Waals surface area contributed by atoms with Crippen molar-refractivity contribution < 1.29 is 8.42 Å². The molecule has 3 aromatic rings. The smallest absolute Gasteiger partial charge is 0.229 e. The van der Waals surface area contributed by atoms with E-state index in [0.717, 1.165) is 60.3 Å². The Kier molecular flexibility index (Phi) is 4.31. The summed E-state index contributed by atoms with van der Waals surface area (Å²) < 4.78 is 27.7. The lowest BCUT2D eigenvalue weighted by Gasteiger charge is -2.14. The first-order chi connectivity index (χ1) is 12.9. The monoisotopic (exact) mass is 384 g/mol. The third kappa shape index (κ3) is 3.63. The minimum Gasteiger partial charge on any atom is -0.368 e. The highest BCUT2D eigenvalue weighted by atomic mass is 32.2. The largest absolute Gasteiger partial charge is 0.368 e. The van der Waals surface area contributed by atoms with Crippen LogP contribution in [0.4, 0.5) is 11.6 Å². The van der Waals surface area contributed by atoms with E-state index in [2.05, 4.69) is 14.7 Å². The number of hydrogen-bond acceptors (Lipinski definition) is 6. The molecule has 3 heterocycles. The van der Waals surface area contributed by atoms with Crippen LogP contribution in [0, 0.1) is 0 Å². The van der Waals surface area contributed by atoms with E-state index in [0.29, 0.717) is 5.69 Å². The Bertz CT molecular complexity index is 1110. The zero-order valence-electron chi connectivity index (χ0n) is 14.9. The molecule has 3 N–H and O–H groups in total. The van der Waals surface area contributed by atoms with Crippen molar-refractivity contribution in [2.24, 2.45) is 0 Å². The van der Waals surface area contributed by atoms with Gasteiger partial charge in [-0.15, -0.1) is 0 Å². The molecule has 0 aliphatic carbocycles. The number of rotatable bonds is 4. The number of sulfonamides is 1. The summed E-state index contributed by atoms with van der Waals surface area (Å²) in [6.45, 7) is 0.851. The summed E-state index contributed by atoms with van der Waals surface area (Å²) in [5.41, 5.74) is 10.7. The minimum absolute atomic E-state index is 0.210. The van der Waals surface area contributed by atoms with Gasteiger partial charge >= 0.3 is 0 Å². The van der Waals surface area contributed by atoms with Gasteiger partial charge in [0, 0.05) is 35.2 Å². The molecule has 0 saturated heterocycles. The summed E-state index contributed by atoms with van der Waals surface area (Å²) in [7, 11) is -3.36. The first-order valence-electron chi connectivity index (χ1n) is 8.67. The summed E-state index contributed by atoms with van der Waals surface area (Å²) in [6.07, 6.45) is 5.84. The van der Waals surface area contributed by atoms with Crippen LogP contribution in [0.5, 0.6) is 0 Å². The molecule has 8 nitrogen and oxygen atoms in total. The highest BCUT2D eigenvalue weighted by molar-refractivity contribution is 7.92. The van der Waals surface area contributed by atoms with E-state index in [1.54, 1.807) is 24.4 Å². The number of nitrogens with one attached hydrogen (secondary N) is 1. The molecule has 0 spiro atoms. The Morgan fingerprint density at radius 2 is 2.07 bits per heavy atom. The second-order valence-corrected chi connectivity index (χ2v) is 8.35. The van der Waals surface area contributed by atoms with Gasteiger partial charge in [-0.25, -0.2) is 18.4 Å². The first-order valence-corrected chi connectivity index (χ1v) is 10.6. The van der Waals surface area contributed by atoms with E-state index in [9.17, 15) is 8.42 Å². The Balaban J connectivity index is 1.88. The SMILES string of the molecule is CS(=O)(=O)Nc1cccc(-c2nn3c(c2-c2ccnc(N)n2)CCCC3)c1. The fraction of sp³-hybridized carbons (Fsp3) is 0.278. The molecule has 1 aliphatic rings. The van der Waals surface area contributed by atoms with Crippen LogP contribution < -0.4 is 10.5 Å². The summed E-state index contributed by atoms with van der Waals surface area (Å²) in [5, 5.41) is 4.80. The van der Waals surface area contributed by atoms with Crippen molar-refractivity contribution in [2.45, 2.75) is 25.8 Å². The van der Waals surface area contributed by atoms with E-state index in [4.69, 9.17) is 10.8 Å². The molecule has 0 atom stereocenters. The van der Waals surface area contributed by atoms with Gasteiger partial charge in [0.15, 0.2) is 0 Å². The van der Waals surface area contributed by atoms with Crippen LogP contribution in [-0.2, 0) is 23.0 Å². The average molecular weight is 384 g/mol. The number of nitrogen functional groups attached to an aromatic ring is 1. The van der Waals surface area contributed by atoms with Gasteiger partial charge in [0.25, 0.3) is 0 Å². The molecule has 0 saturated carbocycles. The minimum atomic E-state index is -3.36. The Labute approximate surface area is 157 Å². The van der Waals surface area contributed by atoms with Crippen molar-refractivity contribution in [2.75, 3.05) is 16.7 Å². The maximum absolute atomic E-state index is 11.6. The van der Waals surface area contributed by atoms with Gasteiger partial charge < -0.3 is 5.73 Å². The molecule has 1 aliphatic heterocycles. The highest BCUT2D eigenvalue weighted by Gasteiger charge is 2.24. The highest BCUT2D eigenvalue weighted by Crippen LogP contribution is 2.37. The second kappa shape index (κ2) is 6.66. The van der Waals surface area contributed by atoms with Crippen LogP contribution in [-0.4, -0.2) is 34.4 Å². The molecule has 2 aromatic heterocycles. The van der Waals surface area contributed by atoms with Crippen molar-refractivity contribution in [1.29, 1.82) is 0 Å². The molecular weight excluding hydrogens is 364 g/mol. The molecule has 0 bridgehead atoms. The molecule has 0 radical (unpaired) electrons. The molecule has 0 amide bonds. The van der Waals surface area contributed by atoms with Gasteiger partial charge in [-0.2, -0.15) is 5.10 Å². The van der Waals surface area contributed by atoms with Gasteiger partial charge in [0.2, 0.25) is 16.0 Å². The zero-order valence-corrected chi connectivity index (χ0v) is 15.7. The van der Waals surface area contributed by atoms with E-state index in [-0.39, 0.29) is 5.95 Å². The lowest BCUT2D eigenvalue weighted by molar-refractivity contribution is 0.487. The van der Waals surface area contributed by atoms with E-state index < -0.39 is 10.0 Å². The fourth-order valence-corrected chi connectivity index (χ4v) is 3.97. The summed E-state index contributed by atoms with van der Waals surface area (Å²) >= 11 is 0. The fourth-order valence-electron chi connectivity index (χ4n) is 3.42. The van der Waals surface area contributed by atoms with E-state index in [1.807, 2.05) is 16.8 Å². The number of benzene rings is 1. The number of aromatic nitrogens is 4. The summed E-state index contributed by atoms with van der Waals surface area (Å²) in [5.74, 6) is 0.210. The van der Waals surface area contributed by atoms with Crippen molar-refractivity contribution in [3.63, 3.8) is 0 Å². The van der Waals surface area contributed by atoms with Crippen LogP contribution in [0.1, 0.15) is 18.5 Å². The van der Waals surface area contributed by atoms with Crippen LogP contribution in [0.15, 0.2) is 36.5 Å². The molecule has 0 fully saturated rings. The topological polar surface area (TPSA) is 116 Å². The quantitative estimate of drug-likeness (QED) is 0.713. The summed E-state index contributed by atoms with van der Waals surface area (Å²) in [4.78, 5) is 8.37. The number of nitrogens with zero attached hydrogens (tertiary/aromatic N) is 4. The normalized spacial score (nSPS) is 14.0. The molecule has 0 unspecified atom stereocenters. The average Bonchev–Trinajstić information content (AvgIpc) is 3.00. The predicted molar refractivity (Wildman–Crippen MR) is 105 cm³/mol. The number of hydrogen-bond donors (Lipinski definition) is 2. The van der Waals surface area contributed by atoms with Gasteiger partial charge in [-0.05, 0) is 37.5 Å². The number of anilines is 2. The number of aryl methyl sites for hydroxylation is 1. The predicted octanol–water partition coefficient (Wildman–Crippen LogP) is 2.30. The first kappa shape index (κ1) is 17.5. The van der Waals surface area contributed by atoms with Crippen LogP contribution in [0.2, 0.25) is 0 Å². The molecule has 27 heavy (non-hydrogen) atoms. The molecule has 4 rings (SSSR count). The van der Waals surface area contributed by atoms with Crippen LogP contribution in [0.25, 0.3) is 22.5 Å². The zero-order chi connectivity index (χ0) is 19.0. The molecule has 9 heteroatoms. The second-order valence-electron chi connectivity index (χ2n) is 6.61. The maximum Gasteiger partial charge on any atom is 0.229 e. The van der Waals surface area contributed by atoms with Gasteiger partial charge in [-0.1, -0.05) is 12.1 Å². The van der Waals surface area contributed by atoms with Gasteiger partial charge in [-0.3, -0.25) is 9.40 Å². The van der Waals surface area contributed by atoms with E-state index in [1.165, 1.54) is 0 Å². The number of nitrogens with two attached hydrogens (primary N) is 1. The molecular formula is C18H20N6O2S. The molecule has 1 aromatic carbocycles. The van der Waals surface area contributed by atoms with E-state index >= 15 is 0 Å². The van der Waals surface area contributed by atoms with Gasteiger partial charge in [0.05, 0.1) is 11.9 Å². The molecule has 140 valence electrons. The Hall–Kier alpha value is -2.94. The lowest BCUT2D eigenvalue weighted by Crippen LogP contribution is -2.11. The van der Waals surface area contributed by atoms with Crippen molar-refractivity contribution in [3.05, 3.63) is 42.2 Å². The maximum atomic E-state index is 11.6. The van der Waals surface area contributed by atoms with Crippen LogP contribution >= 0.6 is 0 Å². The van der Waals surface area contributed by atoms with Crippen molar-refractivity contribution >= 4 is 21.7 Å². The Morgan fingerprint density at radius 1 is 1.22 bits per heavy atom. The third-order valence-corrected chi connectivity index (χ3v) is 5.07. The number of fused-ring (bicyclic) bond motifs is 1.